The van der Waals surface area contributed by atoms with Gasteiger partial charge in [0.05, 0.1) is 19.0 Å². The summed E-state index contributed by atoms with van der Waals surface area (Å²) in [4.78, 5) is 19.4. The average Bonchev–Trinajstić information content (AvgIpc) is 3.27. The lowest BCUT2D eigenvalue weighted by atomic mass is 9.86. The summed E-state index contributed by atoms with van der Waals surface area (Å²) in [7, 11) is -0.0370. The monoisotopic (exact) mass is 550 g/mol. The van der Waals surface area contributed by atoms with Gasteiger partial charge in [0.2, 0.25) is 0 Å². The highest BCUT2D eigenvalue weighted by atomic mass is 32.3. The third kappa shape index (κ3) is 5.22. The van der Waals surface area contributed by atoms with Gasteiger partial charge in [-0.1, -0.05) is 29.5 Å². The van der Waals surface area contributed by atoms with Gasteiger partial charge < -0.3 is 9.64 Å². The minimum absolute atomic E-state index is 0.161. The number of benzene rings is 2. The molecule has 206 valence electrons. The largest absolute Gasteiger partial charge is 0.469 e. The number of fused-ring (bicyclic) bond motifs is 2. The molecule has 11 heteroatoms. The average molecular weight is 551 g/mol. The van der Waals surface area contributed by atoms with Gasteiger partial charge in [-0.15, -0.1) is 15.9 Å². The molecule has 0 fully saturated rings. The van der Waals surface area contributed by atoms with Gasteiger partial charge in [-0.25, -0.2) is 9.67 Å². The Morgan fingerprint density at radius 2 is 1.90 bits per heavy atom. The van der Waals surface area contributed by atoms with Crippen LogP contribution in [0.4, 0.5) is 5.82 Å². The number of hydrogen-bond acceptors (Lipinski definition) is 9. The number of esters is 1. The van der Waals surface area contributed by atoms with Gasteiger partial charge in [0, 0.05) is 45.3 Å². The van der Waals surface area contributed by atoms with Crippen LogP contribution in [0.15, 0.2) is 59.6 Å². The van der Waals surface area contributed by atoms with E-state index in [0.29, 0.717) is 36.9 Å². The highest BCUT2D eigenvalue weighted by molar-refractivity contribution is 8.22. The molecule has 0 bridgehead atoms. The van der Waals surface area contributed by atoms with Crippen molar-refractivity contribution in [1.29, 1.82) is 0 Å². The second-order valence-corrected chi connectivity index (χ2v) is 11.8. The Hall–Kier alpha value is -3.51. The van der Waals surface area contributed by atoms with E-state index in [1.165, 1.54) is 7.11 Å². The molecule has 0 spiro atoms. The molecular weight excluding hydrogens is 516 g/mol. The second kappa shape index (κ2) is 10.9. The van der Waals surface area contributed by atoms with Crippen molar-refractivity contribution in [3.05, 3.63) is 77.0 Å². The van der Waals surface area contributed by atoms with Gasteiger partial charge in [0.25, 0.3) is 0 Å². The first-order chi connectivity index (χ1) is 18.7. The maximum Gasteiger partial charge on any atom is 0.306 e. The first-order valence-electron chi connectivity index (χ1n) is 12.9. The lowest BCUT2D eigenvalue weighted by molar-refractivity contribution is -0.140. The van der Waals surface area contributed by atoms with Gasteiger partial charge in [-0.2, -0.15) is 4.31 Å². The Balaban J connectivity index is 1.51. The highest BCUT2D eigenvalue weighted by Crippen LogP contribution is 2.56. The predicted octanol–water partition coefficient (Wildman–Crippen LogP) is 4.73. The Kier molecular flexibility index (Phi) is 7.59. The van der Waals surface area contributed by atoms with Crippen LogP contribution < -0.4 is 4.90 Å². The van der Waals surface area contributed by atoms with E-state index in [9.17, 15) is 13.9 Å². The molecule has 39 heavy (non-hydrogen) atoms. The fourth-order valence-corrected chi connectivity index (χ4v) is 6.76. The van der Waals surface area contributed by atoms with Crippen LogP contribution >= 0.6 is 10.8 Å². The number of pyridine rings is 1. The van der Waals surface area contributed by atoms with E-state index in [0.717, 1.165) is 33.3 Å². The van der Waals surface area contributed by atoms with Crippen molar-refractivity contribution in [2.75, 3.05) is 31.6 Å². The van der Waals surface area contributed by atoms with E-state index in [4.69, 9.17) is 4.74 Å². The minimum Gasteiger partial charge on any atom is -0.469 e. The number of nitrogens with zero attached hydrogens (tertiary/aromatic N) is 6. The fourth-order valence-electron chi connectivity index (χ4n) is 5.14. The topological polar surface area (TPSA) is 117 Å². The minimum atomic E-state index is -3.27. The van der Waals surface area contributed by atoms with Crippen molar-refractivity contribution >= 4 is 33.6 Å². The van der Waals surface area contributed by atoms with Crippen molar-refractivity contribution in [2.45, 2.75) is 37.6 Å². The van der Waals surface area contributed by atoms with Crippen molar-refractivity contribution in [3.8, 4) is 0 Å². The number of carbonyl (C=O) groups is 1. The molecule has 10 nitrogen and oxygen atoms in total. The molecule has 3 heterocycles. The van der Waals surface area contributed by atoms with E-state index in [-0.39, 0.29) is 18.3 Å². The molecule has 0 saturated carbocycles. The quantitative estimate of drug-likeness (QED) is 0.315. The van der Waals surface area contributed by atoms with Gasteiger partial charge in [-0.3, -0.25) is 13.9 Å². The number of ether oxygens (including phenoxy) is 1. The van der Waals surface area contributed by atoms with E-state index >= 15 is 0 Å². The van der Waals surface area contributed by atoms with Gasteiger partial charge in [-0.05, 0) is 60.4 Å². The molecular formula is C28H34N6O4S. The van der Waals surface area contributed by atoms with Crippen LogP contribution in [-0.4, -0.2) is 66.1 Å². The summed E-state index contributed by atoms with van der Waals surface area (Å²) < 4.78 is 31.4. The van der Waals surface area contributed by atoms with Crippen molar-refractivity contribution in [2.24, 2.45) is 7.05 Å². The van der Waals surface area contributed by atoms with E-state index < -0.39 is 10.8 Å². The maximum absolute atomic E-state index is 12.5. The molecule has 0 saturated heterocycles. The summed E-state index contributed by atoms with van der Waals surface area (Å²) in [5.41, 5.74) is 5.51. The summed E-state index contributed by atoms with van der Waals surface area (Å²) in [6.45, 7) is 6.18. The SMILES string of the molecule is CCN1CCN(Cc2cc(C(CC(=O)OC)c3ccc4c(c3)nnn4C)ccc2C)S(O)(O)c2cccnc21. The van der Waals surface area contributed by atoms with E-state index in [1.54, 1.807) is 27.3 Å². The van der Waals surface area contributed by atoms with Crippen molar-refractivity contribution in [1.82, 2.24) is 24.3 Å². The number of hydrogen-bond donors (Lipinski definition) is 2. The Morgan fingerprint density at radius 3 is 2.67 bits per heavy atom. The third-order valence-corrected chi connectivity index (χ3v) is 9.40. The molecule has 1 aliphatic heterocycles. The smallest absolute Gasteiger partial charge is 0.306 e. The molecule has 0 aliphatic carbocycles. The molecule has 2 N–H and O–H groups in total. The number of methoxy groups -OCH3 is 1. The number of likely N-dealkylation sites (N-methyl/N-ethyl adjacent to an activating group) is 1. The van der Waals surface area contributed by atoms with Gasteiger partial charge in [0.15, 0.2) is 5.82 Å². The van der Waals surface area contributed by atoms with Gasteiger partial charge >= 0.3 is 5.97 Å². The van der Waals surface area contributed by atoms with Crippen LogP contribution in [0.1, 0.15) is 41.5 Å². The molecule has 5 rings (SSSR count). The molecule has 1 atom stereocenters. The fraction of sp³-hybridized carbons (Fsp3) is 0.357. The molecule has 4 aromatic rings. The summed E-state index contributed by atoms with van der Waals surface area (Å²) in [5, 5.41) is 8.35. The van der Waals surface area contributed by atoms with Crippen molar-refractivity contribution in [3.63, 3.8) is 0 Å². The Labute approximate surface area is 229 Å². The van der Waals surface area contributed by atoms with Crippen LogP contribution in [0.25, 0.3) is 11.0 Å². The summed E-state index contributed by atoms with van der Waals surface area (Å²) in [5.74, 6) is 0.0329. The zero-order valence-corrected chi connectivity index (χ0v) is 23.4. The first-order valence-corrected chi connectivity index (χ1v) is 14.4. The zero-order valence-electron chi connectivity index (χ0n) is 22.6. The molecule has 0 amide bonds. The molecule has 2 aromatic carbocycles. The summed E-state index contributed by atoms with van der Waals surface area (Å²) >= 11 is 0. The molecule has 1 unspecified atom stereocenters. The predicted molar refractivity (Wildman–Crippen MR) is 152 cm³/mol. The first kappa shape index (κ1) is 27.1. The standard InChI is InChI=1S/C28H34N6O4S/c1-5-33-13-14-34(39(36,37)26-7-6-12-29-28(26)33)18-22-15-20(9-8-19(22)2)23(17-27(35)38-4)21-10-11-25-24(16-21)30-31-32(25)3/h6-12,15-16,23,36-37H,5,13-14,17-18H2,1-4H3. The normalized spacial score (nSPS) is 16.9. The number of anilines is 1. The van der Waals surface area contributed by atoms with Crippen LogP contribution in [0.5, 0.6) is 0 Å². The Bertz CT molecular complexity index is 1510. The van der Waals surface area contributed by atoms with Crippen LogP contribution in [0, 0.1) is 6.92 Å². The van der Waals surface area contributed by atoms with E-state index in [2.05, 4.69) is 26.3 Å². The number of aryl methyl sites for hydroxylation is 2. The lowest BCUT2D eigenvalue weighted by Gasteiger charge is -2.41. The second-order valence-electron chi connectivity index (χ2n) is 9.77. The summed E-state index contributed by atoms with van der Waals surface area (Å²) in [6.07, 6.45) is 1.84. The third-order valence-electron chi connectivity index (χ3n) is 7.46. The maximum atomic E-state index is 12.5. The number of carbonyl (C=O) groups excluding carboxylic acids is 1. The van der Waals surface area contributed by atoms with Crippen LogP contribution in [0.2, 0.25) is 0 Å². The lowest BCUT2D eigenvalue weighted by Crippen LogP contribution is -2.33. The van der Waals surface area contributed by atoms with Gasteiger partial charge in [0.1, 0.15) is 10.4 Å². The summed E-state index contributed by atoms with van der Waals surface area (Å²) in [6, 6.07) is 15.5. The van der Waals surface area contributed by atoms with Crippen molar-refractivity contribution < 1.29 is 18.6 Å². The number of aromatic nitrogens is 4. The molecule has 0 radical (unpaired) electrons. The highest BCUT2D eigenvalue weighted by Gasteiger charge is 2.34. The molecule has 1 aliphatic rings. The van der Waals surface area contributed by atoms with Crippen LogP contribution in [0.3, 0.4) is 0 Å². The van der Waals surface area contributed by atoms with Crippen LogP contribution in [-0.2, 0) is 23.1 Å². The number of rotatable bonds is 7. The Morgan fingerprint density at radius 1 is 1.13 bits per heavy atom. The molecule has 2 aromatic heterocycles. The van der Waals surface area contributed by atoms with E-state index in [1.807, 2.05) is 51.2 Å². The zero-order chi connectivity index (χ0) is 27.7.